The Morgan fingerprint density at radius 2 is 2.08 bits per heavy atom. The van der Waals surface area contributed by atoms with Crippen LogP contribution in [0.15, 0.2) is 6.20 Å². The van der Waals surface area contributed by atoms with Crippen LogP contribution in [0.4, 0.5) is 8.78 Å². The lowest BCUT2D eigenvalue weighted by Gasteiger charge is -2.08. The number of rotatable bonds is 2. The molecule has 1 aromatic heterocycles. The predicted molar refractivity (Wildman–Crippen MR) is 40.4 cm³/mol. The molecule has 0 aliphatic heterocycles. The quantitative estimate of drug-likeness (QED) is 0.647. The van der Waals surface area contributed by atoms with Gasteiger partial charge in [-0.05, 0) is 0 Å². The standard InChI is InChI=1S/C7H8F2N2O2/c8-7(9)5-4(12)2-11-3(1-10)6(5)13/h2,7,12-13H,1,10H2. The number of alkyl halides is 2. The molecule has 1 rings (SSSR count). The zero-order chi connectivity index (χ0) is 10.0. The Labute approximate surface area is 72.6 Å². The Kier molecular flexibility index (Phi) is 2.62. The van der Waals surface area contributed by atoms with Gasteiger partial charge in [0.1, 0.15) is 11.3 Å². The number of pyridine rings is 1. The molecule has 0 radical (unpaired) electrons. The molecule has 72 valence electrons. The highest BCUT2D eigenvalue weighted by Crippen LogP contribution is 2.36. The van der Waals surface area contributed by atoms with Crippen molar-refractivity contribution in [3.05, 3.63) is 17.5 Å². The maximum Gasteiger partial charge on any atom is 0.271 e. The van der Waals surface area contributed by atoms with Gasteiger partial charge in [0.15, 0.2) is 5.75 Å². The fourth-order valence-corrected chi connectivity index (χ4v) is 0.911. The van der Waals surface area contributed by atoms with Crippen molar-refractivity contribution in [3.63, 3.8) is 0 Å². The van der Waals surface area contributed by atoms with Crippen molar-refractivity contribution < 1.29 is 19.0 Å². The lowest BCUT2D eigenvalue weighted by Crippen LogP contribution is -2.02. The molecule has 0 fully saturated rings. The van der Waals surface area contributed by atoms with Crippen LogP contribution in [0.5, 0.6) is 11.5 Å². The lowest BCUT2D eigenvalue weighted by atomic mass is 10.2. The molecule has 0 spiro atoms. The molecule has 6 heteroatoms. The summed E-state index contributed by atoms with van der Waals surface area (Å²) in [6, 6.07) is 0. The van der Waals surface area contributed by atoms with E-state index in [1.165, 1.54) is 0 Å². The number of aromatic nitrogens is 1. The van der Waals surface area contributed by atoms with Gasteiger partial charge in [0.05, 0.1) is 11.9 Å². The maximum absolute atomic E-state index is 12.2. The lowest BCUT2D eigenvalue weighted by molar-refractivity contribution is 0.143. The van der Waals surface area contributed by atoms with Crippen LogP contribution in [0, 0.1) is 0 Å². The minimum atomic E-state index is -2.95. The monoisotopic (exact) mass is 190 g/mol. The first kappa shape index (κ1) is 9.66. The van der Waals surface area contributed by atoms with Gasteiger partial charge in [-0.25, -0.2) is 8.78 Å². The smallest absolute Gasteiger partial charge is 0.271 e. The summed E-state index contributed by atoms with van der Waals surface area (Å²) in [4.78, 5) is 3.48. The normalized spacial score (nSPS) is 10.8. The summed E-state index contributed by atoms with van der Waals surface area (Å²) in [6.07, 6.45) is -2.11. The van der Waals surface area contributed by atoms with Gasteiger partial charge in [-0.2, -0.15) is 0 Å². The second-order valence-electron chi connectivity index (χ2n) is 2.36. The molecule has 0 aliphatic carbocycles. The van der Waals surface area contributed by atoms with Crippen molar-refractivity contribution in [1.29, 1.82) is 0 Å². The van der Waals surface area contributed by atoms with E-state index in [-0.39, 0.29) is 12.2 Å². The number of halogens is 2. The van der Waals surface area contributed by atoms with Gasteiger partial charge >= 0.3 is 0 Å². The maximum atomic E-state index is 12.2. The van der Waals surface area contributed by atoms with Crippen molar-refractivity contribution in [2.75, 3.05) is 0 Å². The largest absolute Gasteiger partial charge is 0.506 e. The Morgan fingerprint density at radius 3 is 2.54 bits per heavy atom. The van der Waals surface area contributed by atoms with Crippen molar-refractivity contribution in [2.45, 2.75) is 13.0 Å². The van der Waals surface area contributed by atoms with Gasteiger partial charge in [-0.1, -0.05) is 0 Å². The minimum absolute atomic E-state index is 0.0619. The molecule has 4 nitrogen and oxygen atoms in total. The third-order valence-electron chi connectivity index (χ3n) is 1.56. The van der Waals surface area contributed by atoms with E-state index in [4.69, 9.17) is 15.9 Å². The molecule has 0 atom stereocenters. The Hall–Kier alpha value is -1.43. The average Bonchev–Trinajstić information content (AvgIpc) is 2.04. The van der Waals surface area contributed by atoms with E-state index in [9.17, 15) is 8.78 Å². The van der Waals surface area contributed by atoms with Crippen LogP contribution in [-0.2, 0) is 6.54 Å². The number of hydrogen-bond donors (Lipinski definition) is 3. The molecule has 4 N–H and O–H groups in total. The van der Waals surface area contributed by atoms with Gasteiger partial charge in [0.2, 0.25) is 0 Å². The molecule has 0 unspecified atom stereocenters. The molecule has 0 saturated heterocycles. The molecule has 0 aromatic carbocycles. The van der Waals surface area contributed by atoms with Crippen LogP contribution in [-0.4, -0.2) is 15.2 Å². The van der Waals surface area contributed by atoms with Crippen molar-refractivity contribution >= 4 is 0 Å². The second-order valence-corrected chi connectivity index (χ2v) is 2.36. The van der Waals surface area contributed by atoms with Gasteiger partial charge in [-0.15, -0.1) is 0 Å². The van der Waals surface area contributed by atoms with E-state index >= 15 is 0 Å². The minimum Gasteiger partial charge on any atom is -0.506 e. The molecule has 0 bridgehead atoms. The van der Waals surface area contributed by atoms with Crippen molar-refractivity contribution in [2.24, 2.45) is 5.73 Å². The van der Waals surface area contributed by atoms with E-state index in [1.54, 1.807) is 0 Å². The Morgan fingerprint density at radius 1 is 1.46 bits per heavy atom. The van der Waals surface area contributed by atoms with E-state index < -0.39 is 23.5 Å². The van der Waals surface area contributed by atoms with E-state index in [1.807, 2.05) is 0 Å². The van der Waals surface area contributed by atoms with Crippen LogP contribution in [0.1, 0.15) is 17.7 Å². The SMILES string of the molecule is NCc1ncc(O)c(C(F)F)c1O. The number of nitrogens with zero attached hydrogens (tertiary/aromatic N) is 1. The zero-order valence-corrected chi connectivity index (χ0v) is 6.54. The molecule has 1 heterocycles. The highest BCUT2D eigenvalue weighted by Gasteiger charge is 2.20. The van der Waals surface area contributed by atoms with Crippen LogP contribution in [0.3, 0.4) is 0 Å². The molecule has 1 aromatic rings. The summed E-state index contributed by atoms with van der Waals surface area (Å²) in [6.45, 7) is -0.161. The Bertz CT molecular complexity index is 318. The number of hydrogen-bond acceptors (Lipinski definition) is 4. The molecular weight excluding hydrogens is 182 g/mol. The summed E-state index contributed by atoms with van der Waals surface area (Å²) < 4.78 is 24.4. The fraction of sp³-hybridized carbons (Fsp3) is 0.286. The molecule has 0 amide bonds. The molecule has 13 heavy (non-hydrogen) atoms. The summed E-state index contributed by atoms with van der Waals surface area (Å²) >= 11 is 0. The van der Waals surface area contributed by atoms with Crippen molar-refractivity contribution in [1.82, 2.24) is 4.98 Å². The van der Waals surface area contributed by atoms with E-state index in [0.717, 1.165) is 6.20 Å². The van der Waals surface area contributed by atoms with E-state index in [0.29, 0.717) is 0 Å². The second kappa shape index (κ2) is 3.53. The zero-order valence-electron chi connectivity index (χ0n) is 6.54. The summed E-state index contributed by atoms with van der Waals surface area (Å²) in [5.74, 6) is -1.47. The summed E-state index contributed by atoms with van der Waals surface area (Å²) in [7, 11) is 0. The van der Waals surface area contributed by atoms with Gasteiger partial charge in [-0.3, -0.25) is 4.98 Å². The molecule has 0 aliphatic rings. The molecule has 0 saturated carbocycles. The average molecular weight is 190 g/mol. The highest BCUT2D eigenvalue weighted by molar-refractivity contribution is 5.45. The first-order valence-electron chi connectivity index (χ1n) is 3.45. The van der Waals surface area contributed by atoms with Crippen LogP contribution >= 0.6 is 0 Å². The first-order valence-corrected chi connectivity index (χ1v) is 3.45. The fourth-order valence-electron chi connectivity index (χ4n) is 0.911. The van der Waals surface area contributed by atoms with Gasteiger partial charge in [0.25, 0.3) is 6.43 Å². The van der Waals surface area contributed by atoms with Crippen LogP contribution in [0.25, 0.3) is 0 Å². The summed E-state index contributed by atoms with van der Waals surface area (Å²) in [5, 5.41) is 18.1. The van der Waals surface area contributed by atoms with E-state index in [2.05, 4.69) is 4.98 Å². The predicted octanol–water partition coefficient (Wildman–Crippen LogP) is 0.889. The Balaban J connectivity index is 3.30. The number of nitrogens with two attached hydrogens (primary N) is 1. The van der Waals surface area contributed by atoms with Crippen molar-refractivity contribution in [3.8, 4) is 11.5 Å². The van der Waals surface area contributed by atoms with Gasteiger partial charge < -0.3 is 15.9 Å². The molecular formula is C7H8F2N2O2. The highest BCUT2D eigenvalue weighted by atomic mass is 19.3. The number of aromatic hydroxyl groups is 2. The van der Waals surface area contributed by atoms with Crippen LogP contribution in [0.2, 0.25) is 0 Å². The first-order chi connectivity index (χ1) is 6.07. The van der Waals surface area contributed by atoms with Crippen LogP contribution < -0.4 is 5.73 Å². The summed E-state index contributed by atoms with van der Waals surface area (Å²) in [5.41, 5.74) is 4.24. The topological polar surface area (TPSA) is 79.4 Å². The third kappa shape index (κ3) is 1.67. The van der Waals surface area contributed by atoms with Gasteiger partial charge in [0, 0.05) is 6.54 Å². The third-order valence-corrected chi connectivity index (χ3v) is 1.56.